The number of rotatable bonds is 9. The summed E-state index contributed by atoms with van der Waals surface area (Å²) < 4.78 is 0. The highest BCUT2D eigenvalue weighted by Crippen LogP contribution is 2.12. The van der Waals surface area contributed by atoms with Crippen molar-refractivity contribution in [3.05, 3.63) is 60.7 Å². The van der Waals surface area contributed by atoms with Gasteiger partial charge in [-0.05, 0) is 22.8 Å². The highest BCUT2D eigenvalue weighted by molar-refractivity contribution is 6.96. The summed E-state index contributed by atoms with van der Waals surface area (Å²) in [7, 11) is -2.52. The van der Waals surface area contributed by atoms with Crippen molar-refractivity contribution in [2.75, 3.05) is 0 Å². The molecule has 0 heterocycles. The molecule has 1 nitrogen and oxygen atoms in total. The van der Waals surface area contributed by atoms with Crippen LogP contribution in [0.1, 0.15) is 58.8 Å². The molecule has 0 spiro atoms. The summed E-state index contributed by atoms with van der Waals surface area (Å²) in [5, 5.41) is 2.23. The van der Waals surface area contributed by atoms with Gasteiger partial charge in [0.2, 0.25) is 0 Å². The van der Waals surface area contributed by atoms with Crippen LogP contribution in [-0.4, -0.2) is 13.1 Å². The molecule has 0 aliphatic carbocycles. The topological polar surface area (TPSA) is 20.2 Å². The van der Waals surface area contributed by atoms with Crippen LogP contribution in [0.25, 0.3) is 0 Å². The lowest BCUT2D eigenvalue weighted by molar-refractivity contribution is 0.559. The fourth-order valence-electron chi connectivity index (χ4n) is 2.97. The zero-order chi connectivity index (χ0) is 19.1. The van der Waals surface area contributed by atoms with Crippen molar-refractivity contribution in [1.82, 2.24) is 0 Å². The molecule has 26 heavy (non-hydrogen) atoms. The Morgan fingerprint density at radius 3 is 1.69 bits per heavy atom. The van der Waals surface area contributed by atoms with Crippen molar-refractivity contribution in [2.24, 2.45) is 0 Å². The molecule has 0 atom stereocenters. The van der Waals surface area contributed by atoms with Gasteiger partial charge in [0.05, 0.1) is 0 Å². The maximum Gasteiger partial charge on any atom is 0.252 e. The SMILES string of the molecule is C#CCCCCCC.CCCC[Si](O)(c1ccccc1)c1ccccc1. The summed E-state index contributed by atoms with van der Waals surface area (Å²) in [6.45, 7) is 4.38. The largest absolute Gasteiger partial charge is 0.424 e. The van der Waals surface area contributed by atoms with Crippen molar-refractivity contribution >= 4 is 18.7 Å². The van der Waals surface area contributed by atoms with Crippen LogP contribution in [0.4, 0.5) is 0 Å². The van der Waals surface area contributed by atoms with Crippen molar-refractivity contribution in [1.29, 1.82) is 0 Å². The van der Waals surface area contributed by atoms with Gasteiger partial charge in [-0.15, -0.1) is 12.3 Å². The maximum atomic E-state index is 11.2. The van der Waals surface area contributed by atoms with Crippen LogP contribution >= 0.6 is 0 Å². The zero-order valence-electron chi connectivity index (χ0n) is 16.5. The minimum absolute atomic E-state index is 0.900. The monoisotopic (exact) mass is 366 g/mol. The molecule has 0 radical (unpaired) electrons. The highest BCUT2D eigenvalue weighted by atomic mass is 28.4. The third-order valence-electron chi connectivity index (χ3n) is 4.57. The van der Waals surface area contributed by atoms with Gasteiger partial charge >= 0.3 is 0 Å². The molecule has 0 bridgehead atoms. The van der Waals surface area contributed by atoms with E-state index in [4.69, 9.17) is 6.42 Å². The second-order valence-electron chi connectivity index (χ2n) is 6.71. The third kappa shape index (κ3) is 7.60. The quantitative estimate of drug-likeness (QED) is 0.371. The molecule has 2 rings (SSSR count). The molecule has 2 aromatic carbocycles. The lowest BCUT2D eigenvalue weighted by Crippen LogP contribution is -2.58. The maximum absolute atomic E-state index is 11.2. The van der Waals surface area contributed by atoms with Crippen LogP contribution in [0, 0.1) is 12.3 Å². The predicted molar refractivity (Wildman–Crippen MR) is 117 cm³/mol. The molecule has 0 saturated carbocycles. The molecule has 0 unspecified atom stereocenters. The Morgan fingerprint density at radius 2 is 1.27 bits per heavy atom. The summed E-state index contributed by atoms with van der Waals surface area (Å²) in [5.41, 5.74) is 0. The zero-order valence-corrected chi connectivity index (χ0v) is 17.5. The van der Waals surface area contributed by atoms with Gasteiger partial charge < -0.3 is 4.80 Å². The Kier molecular flexibility index (Phi) is 11.4. The molecule has 1 N–H and O–H groups in total. The Hall–Kier alpha value is -1.82. The van der Waals surface area contributed by atoms with Crippen LogP contribution in [0.2, 0.25) is 6.04 Å². The predicted octanol–water partition coefficient (Wildman–Crippen LogP) is 5.13. The summed E-state index contributed by atoms with van der Waals surface area (Å²) in [6.07, 6.45) is 13.4. The Labute approximate surface area is 161 Å². The van der Waals surface area contributed by atoms with E-state index in [2.05, 4.69) is 44.0 Å². The van der Waals surface area contributed by atoms with E-state index in [0.29, 0.717) is 0 Å². The van der Waals surface area contributed by atoms with Crippen LogP contribution in [0.5, 0.6) is 0 Å². The number of unbranched alkanes of at least 4 members (excludes halogenated alkanes) is 5. The van der Waals surface area contributed by atoms with Crippen molar-refractivity contribution < 1.29 is 4.80 Å². The first-order valence-corrected chi connectivity index (χ1v) is 12.1. The lowest BCUT2D eigenvalue weighted by atomic mass is 10.2. The molecule has 0 amide bonds. The van der Waals surface area contributed by atoms with Gasteiger partial charge in [0, 0.05) is 6.42 Å². The smallest absolute Gasteiger partial charge is 0.252 e. The average molecular weight is 367 g/mol. The van der Waals surface area contributed by atoms with E-state index >= 15 is 0 Å². The minimum atomic E-state index is -2.52. The van der Waals surface area contributed by atoms with Crippen LogP contribution in [0.3, 0.4) is 0 Å². The van der Waals surface area contributed by atoms with E-state index < -0.39 is 8.32 Å². The highest BCUT2D eigenvalue weighted by Gasteiger charge is 2.34. The van der Waals surface area contributed by atoms with Gasteiger partial charge in [-0.3, -0.25) is 0 Å². The van der Waals surface area contributed by atoms with E-state index in [9.17, 15) is 4.80 Å². The van der Waals surface area contributed by atoms with Gasteiger partial charge in [0.1, 0.15) is 0 Å². The van der Waals surface area contributed by atoms with Crippen LogP contribution in [-0.2, 0) is 0 Å². The fraction of sp³-hybridized carbons (Fsp3) is 0.417. The summed E-state index contributed by atoms with van der Waals surface area (Å²) in [4.78, 5) is 11.2. The number of hydrogen-bond donors (Lipinski definition) is 1. The number of benzene rings is 2. The number of hydrogen-bond acceptors (Lipinski definition) is 1. The molecule has 0 aliphatic rings. The summed E-state index contributed by atoms with van der Waals surface area (Å²) >= 11 is 0. The van der Waals surface area contributed by atoms with Gasteiger partial charge in [-0.1, -0.05) is 107 Å². The molecule has 2 heteroatoms. The molecular formula is C24H34OSi. The molecular weight excluding hydrogens is 332 g/mol. The second kappa shape index (κ2) is 13.4. The average Bonchev–Trinajstić information content (AvgIpc) is 2.71. The van der Waals surface area contributed by atoms with Gasteiger partial charge in [0.25, 0.3) is 8.32 Å². The Bertz CT molecular complexity index is 576. The lowest BCUT2D eigenvalue weighted by Gasteiger charge is -2.26. The van der Waals surface area contributed by atoms with E-state index in [1.54, 1.807) is 0 Å². The molecule has 140 valence electrons. The first-order chi connectivity index (χ1) is 12.7. The third-order valence-corrected chi connectivity index (χ3v) is 8.22. The van der Waals surface area contributed by atoms with E-state index in [1.165, 1.54) is 25.7 Å². The summed E-state index contributed by atoms with van der Waals surface area (Å²) in [6, 6.07) is 21.2. The van der Waals surface area contributed by atoms with Gasteiger partial charge in [-0.2, -0.15) is 0 Å². The van der Waals surface area contributed by atoms with E-state index in [-0.39, 0.29) is 0 Å². The van der Waals surface area contributed by atoms with Crippen LogP contribution in [0.15, 0.2) is 60.7 Å². The standard InChI is InChI=1S/C16H20OSi.C8H14/c1-2-3-14-18(17,15-10-6-4-7-11-15)16-12-8-5-9-13-16;1-3-5-7-8-6-4-2/h4-13,17H,2-3,14H2,1H3;1H,4-8H2,2H3. The second-order valence-corrected chi connectivity index (χ2v) is 10.1. The molecule has 0 saturated heterocycles. The first-order valence-electron chi connectivity index (χ1n) is 9.95. The van der Waals surface area contributed by atoms with Gasteiger partial charge in [-0.25, -0.2) is 0 Å². The van der Waals surface area contributed by atoms with Crippen molar-refractivity contribution in [3.8, 4) is 12.3 Å². The first kappa shape index (κ1) is 22.2. The molecule has 0 aliphatic heterocycles. The van der Waals surface area contributed by atoms with Crippen molar-refractivity contribution in [2.45, 2.75) is 64.8 Å². The van der Waals surface area contributed by atoms with E-state index in [1.807, 2.05) is 36.4 Å². The minimum Gasteiger partial charge on any atom is -0.424 e. The van der Waals surface area contributed by atoms with Crippen molar-refractivity contribution in [3.63, 3.8) is 0 Å². The Morgan fingerprint density at radius 1 is 0.769 bits per heavy atom. The molecule has 0 aromatic heterocycles. The Balaban J connectivity index is 0.000000359. The molecule has 0 fully saturated rings. The normalized spacial score (nSPS) is 10.5. The summed E-state index contributed by atoms with van der Waals surface area (Å²) in [5.74, 6) is 2.63. The fourth-order valence-corrected chi connectivity index (χ4v) is 6.23. The number of terminal acetylenes is 1. The van der Waals surface area contributed by atoms with Gasteiger partial charge in [0.15, 0.2) is 0 Å². The van der Waals surface area contributed by atoms with Crippen LogP contribution < -0.4 is 10.4 Å². The van der Waals surface area contributed by atoms with E-state index in [0.717, 1.165) is 35.7 Å². The molecule has 2 aromatic rings.